The number of nitro groups is 1. The van der Waals surface area contributed by atoms with Crippen molar-refractivity contribution in [2.75, 3.05) is 32.8 Å². The number of nitro benzene ring substituents is 1. The van der Waals surface area contributed by atoms with Gasteiger partial charge in [-0.25, -0.2) is 0 Å². The topological polar surface area (TPSA) is 111 Å². The normalized spacial score (nSPS) is 15.1. The zero-order valence-corrected chi connectivity index (χ0v) is 19.3. The van der Waals surface area contributed by atoms with Crippen LogP contribution in [0.3, 0.4) is 0 Å². The highest BCUT2D eigenvalue weighted by atomic mass is 32.2. The Hall–Kier alpha value is -3.53. The van der Waals surface area contributed by atoms with E-state index in [4.69, 9.17) is 9.47 Å². The number of benzene rings is 2. The second-order valence-corrected chi connectivity index (χ2v) is 8.97. The van der Waals surface area contributed by atoms with Gasteiger partial charge in [0.2, 0.25) is 11.8 Å². The van der Waals surface area contributed by atoms with Crippen LogP contribution in [0, 0.1) is 10.1 Å². The maximum Gasteiger partial charge on any atom is 0.283 e. The Morgan fingerprint density at radius 2 is 2.00 bits per heavy atom. The van der Waals surface area contributed by atoms with Crippen molar-refractivity contribution >= 4 is 35.3 Å². The first-order chi connectivity index (χ1) is 16.5. The Bertz CT molecular complexity index is 1120. The van der Waals surface area contributed by atoms with Crippen molar-refractivity contribution in [1.29, 1.82) is 0 Å². The average Bonchev–Trinajstić information content (AvgIpc) is 3.25. The van der Waals surface area contributed by atoms with Crippen LogP contribution in [0.25, 0.3) is 6.08 Å². The van der Waals surface area contributed by atoms with E-state index >= 15 is 0 Å². The summed E-state index contributed by atoms with van der Waals surface area (Å²) < 4.78 is 11.1. The summed E-state index contributed by atoms with van der Waals surface area (Å²) in [5.41, 5.74) is 0.508. The van der Waals surface area contributed by atoms with Gasteiger partial charge in [-0.3, -0.25) is 19.7 Å². The highest BCUT2D eigenvalue weighted by molar-refractivity contribution is 7.99. The summed E-state index contributed by atoms with van der Waals surface area (Å²) in [5.74, 6) is 1.17. The number of rotatable bonds is 9. The lowest BCUT2D eigenvalue weighted by molar-refractivity contribution is -0.387. The lowest BCUT2D eigenvalue weighted by atomic mass is 10.2. The fraction of sp³-hybridized carbons (Fsp3) is 0.333. The molecule has 1 fully saturated rings. The second kappa shape index (κ2) is 11.1. The molecule has 1 saturated heterocycles. The summed E-state index contributed by atoms with van der Waals surface area (Å²) in [7, 11) is 0. The summed E-state index contributed by atoms with van der Waals surface area (Å²) in [5, 5.41) is 14.4. The van der Waals surface area contributed by atoms with Gasteiger partial charge in [-0.15, -0.1) is 0 Å². The van der Waals surface area contributed by atoms with E-state index in [1.807, 2.05) is 11.0 Å². The molecule has 0 spiro atoms. The predicted octanol–water partition coefficient (Wildman–Crippen LogP) is 3.66. The quantitative estimate of drug-likeness (QED) is 0.251. The highest BCUT2D eigenvalue weighted by Crippen LogP contribution is 2.40. The molecule has 0 radical (unpaired) electrons. The van der Waals surface area contributed by atoms with Crippen LogP contribution in [0.15, 0.2) is 52.3 Å². The first-order valence-corrected chi connectivity index (χ1v) is 11.9. The first kappa shape index (κ1) is 23.6. The van der Waals surface area contributed by atoms with Gasteiger partial charge in [0, 0.05) is 43.1 Å². The largest absolute Gasteiger partial charge is 0.486 e. The Labute approximate surface area is 201 Å². The van der Waals surface area contributed by atoms with Gasteiger partial charge in [0.1, 0.15) is 13.2 Å². The predicted molar refractivity (Wildman–Crippen MR) is 127 cm³/mol. The van der Waals surface area contributed by atoms with Gasteiger partial charge in [0.15, 0.2) is 11.5 Å². The number of likely N-dealkylation sites (tertiary alicyclic amines) is 1. The van der Waals surface area contributed by atoms with E-state index in [9.17, 15) is 19.7 Å². The number of carbonyl (C=O) groups is 2. The van der Waals surface area contributed by atoms with E-state index in [0.717, 1.165) is 17.9 Å². The molecule has 4 rings (SSSR count). The van der Waals surface area contributed by atoms with Gasteiger partial charge in [0.25, 0.3) is 5.69 Å². The van der Waals surface area contributed by atoms with E-state index in [1.165, 1.54) is 23.9 Å². The molecule has 10 heteroatoms. The third kappa shape index (κ3) is 6.07. The van der Waals surface area contributed by atoms with Crippen molar-refractivity contribution in [2.45, 2.75) is 29.1 Å². The SMILES string of the molecule is O=C(C=Cc1ccc(Sc2ccc3c(c2)OCCO3)c([N+](=O)[O-])c1)NCCCN1CCCC1=O. The zero-order chi connectivity index (χ0) is 23.9. The Morgan fingerprint density at radius 1 is 1.18 bits per heavy atom. The van der Waals surface area contributed by atoms with Gasteiger partial charge in [0.05, 0.1) is 9.82 Å². The third-order valence-electron chi connectivity index (χ3n) is 5.42. The Balaban J connectivity index is 1.34. The number of nitrogens with zero attached hydrogens (tertiary/aromatic N) is 2. The van der Waals surface area contributed by atoms with Crippen LogP contribution < -0.4 is 14.8 Å². The number of carbonyl (C=O) groups excluding carboxylic acids is 2. The molecule has 2 amide bonds. The number of hydrogen-bond donors (Lipinski definition) is 1. The minimum absolute atomic E-state index is 0.0438. The molecular formula is C24H25N3O6S. The Morgan fingerprint density at radius 3 is 2.76 bits per heavy atom. The molecule has 0 atom stereocenters. The number of fused-ring (bicyclic) bond motifs is 1. The van der Waals surface area contributed by atoms with Gasteiger partial charge in [-0.05, 0) is 48.7 Å². The van der Waals surface area contributed by atoms with Crippen LogP contribution in [0.1, 0.15) is 24.8 Å². The molecule has 2 aliphatic heterocycles. The molecule has 34 heavy (non-hydrogen) atoms. The van der Waals surface area contributed by atoms with E-state index in [-0.39, 0.29) is 17.5 Å². The molecule has 2 heterocycles. The van der Waals surface area contributed by atoms with Crippen LogP contribution in [0.5, 0.6) is 11.5 Å². The van der Waals surface area contributed by atoms with Crippen LogP contribution in [0.4, 0.5) is 5.69 Å². The van der Waals surface area contributed by atoms with E-state index in [2.05, 4.69) is 5.32 Å². The van der Waals surface area contributed by atoms with Crippen molar-refractivity contribution < 1.29 is 24.0 Å². The van der Waals surface area contributed by atoms with Crippen molar-refractivity contribution in [3.05, 3.63) is 58.2 Å². The molecule has 2 aromatic carbocycles. The van der Waals surface area contributed by atoms with Gasteiger partial charge < -0.3 is 19.7 Å². The molecular weight excluding hydrogens is 458 g/mol. The van der Waals surface area contributed by atoms with Crippen molar-refractivity contribution in [3.63, 3.8) is 0 Å². The van der Waals surface area contributed by atoms with Crippen molar-refractivity contribution in [3.8, 4) is 11.5 Å². The van der Waals surface area contributed by atoms with Crippen LogP contribution in [-0.4, -0.2) is 54.5 Å². The number of hydrogen-bond acceptors (Lipinski definition) is 7. The molecule has 178 valence electrons. The monoisotopic (exact) mass is 483 g/mol. The molecule has 9 nitrogen and oxygen atoms in total. The average molecular weight is 484 g/mol. The summed E-state index contributed by atoms with van der Waals surface area (Å²) in [4.78, 5) is 38.0. The fourth-order valence-corrected chi connectivity index (χ4v) is 4.66. The number of amides is 2. The summed E-state index contributed by atoms with van der Waals surface area (Å²) in [6.07, 6.45) is 5.09. The molecule has 0 aromatic heterocycles. The van der Waals surface area contributed by atoms with Gasteiger partial charge in [-0.2, -0.15) is 0 Å². The summed E-state index contributed by atoms with van der Waals surface area (Å²) in [6, 6.07) is 10.3. The standard InChI is InChI=1S/C24H25N3O6S/c28-23(25-10-2-12-26-11-1-3-24(26)29)9-5-17-4-8-22(19(15-17)27(30)31)34-18-6-7-20-21(16-18)33-14-13-32-20/h4-9,15-16H,1-3,10-14H2,(H,25,28). The molecule has 0 unspecified atom stereocenters. The fourth-order valence-electron chi connectivity index (χ4n) is 3.73. The first-order valence-electron chi connectivity index (χ1n) is 11.1. The van der Waals surface area contributed by atoms with Gasteiger partial charge in [-0.1, -0.05) is 17.8 Å². The highest BCUT2D eigenvalue weighted by Gasteiger charge is 2.19. The molecule has 0 aliphatic carbocycles. The smallest absolute Gasteiger partial charge is 0.283 e. The van der Waals surface area contributed by atoms with E-state index in [1.54, 1.807) is 30.3 Å². The van der Waals surface area contributed by atoms with Crippen molar-refractivity contribution in [1.82, 2.24) is 10.2 Å². The zero-order valence-electron chi connectivity index (χ0n) is 18.5. The van der Waals surface area contributed by atoms with E-state index in [0.29, 0.717) is 61.1 Å². The van der Waals surface area contributed by atoms with E-state index < -0.39 is 4.92 Å². The lowest BCUT2D eigenvalue weighted by Gasteiger charge is -2.18. The molecule has 1 N–H and O–H groups in total. The molecule has 2 aromatic rings. The molecule has 2 aliphatic rings. The van der Waals surface area contributed by atoms with Crippen LogP contribution in [0.2, 0.25) is 0 Å². The summed E-state index contributed by atoms with van der Waals surface area (Å²) in [6.45, 7) is 2.84. The minimum atomic E-state index is -0.433. The molecule has 0 saturated carbocycles. The minimum Gasteiger partial charge on any atom is -0.486 e. The Kier molecular flexibility index (Phi) is 7.69. The third-order valence-corrected chi connectivity index (χ3v) is 6.48. The van der Waals surface area contributed by atoms with Crippen LogP contribution in [-0.2, 0) is 9.59 Å². The lowest BCUT2D eigenvalue weighted by Crippen LogP contribution is -2.29. The van der Waals surface area contributed by atoms with Crippen molar-refractivity contribution in [2.24, 2.45) is 0 Å². The number of ether oxygens (including phenoxy) is 2. The second-order valence-electron chi connectivity index (χ2n) is 7.85. The molecule has 0 bridgehead atoms. The van der Waals surface area contributed by atoms with Gasteiger partial charge >= 0.3 is 0 Å². The van der Waals surface area contributed by atoms with Crippen LogP contribution >= 0.6 is 11.8 Å². The maximum atomic E-state index is 12.1. The number of nitrogens with one attached hydrogen (secondary N) is 1. The maximum absolute atomic E-state index is 12.1. The summed E-state index contributed by atoms with van der Waals surface area (Å²) >= 11 is 1.26.